The van der Waals surface area contributed by atoms with Crippen LogP contribution in [-0.2, 0) is 13.0 Å². The van der Waals surface area contributed by atoms with Crippen molar-refractivity contribution in [1.82, 2.24) is 0 Å². The third kappa shape index (κ3) is 2.38. The fraction of sp³-hybridized carbons (Fsp3) is 0.600. The van der Waals surface area contributed by atoms with E-state index in [-0.39, 0.29) is 12.0 Å². The van der Waals surface area contributed by atoms with E-state index in [2.05, 4.69) is 20.8 Å². The molecule has 0 aromatic carbocycles. The van der Waals surface area contributed by atoms with E-state index in [1.807, 2.05) is 6.07 Å². The Labute approximate surface area is 73.2 Å². The van der Waals surface area contributed by atoms with E-state index in [0.717, 1.165) is 17.7 Å². The lowest BCUT2D eigenvalue weighted by atomic mass is 9.90. The lowest BCUT2D eigenvalue weighted by Gasteiger charge is -2.16. The first-order chi connectivity index (χ1) is 5.53. The van der Waals surface area contributed by atoms with Gasteiger partial charge in [0.1, 0.15) is 5.76 Å². The van der Waals surface area contributed by atoms with Crippen LogP contribution in [0.15, 0.2) is 16.7 Å². The lowest BCUT2D eigenvalue weighted by molar-refractivity contribution is 0.273. The minimum absolute atomic E-state index is 0.0713. The highest BCUT2D eigenvalue weighted by molar-refractivity contribution is 5.16. The zero-order valence-corrected chi connectivity index (χ0v) is 7.92. The van der Waals surface area contributed by atoms with Gasteiger partial charge < -0.3 is 9.52 Å². The van der Waals surface area contributed by atoms with Crippen LogP contribution in [0.1, 0.15) is 32.1 Å². The quantitative estimate of drug-likeness (QED) is 0.735. The van der Waals surface area contributed by atoms with Gasteiger partial charge in [-0.15, -0.1) is 0 Å². The van der Waals surface area contributed by atoms with Crippen LogP contribution in [0.2, 0.25) is 0 Å². The van der Waals surface area contributed by atoms with Gasteiger partial charge in [0.05, 0.1) is 12.9 Å². The van der Waals surface area contributed by atoms with Crippen LogP contribution in [0, 0.1) is 5.41 Å². The van der Waals surface area contributed by atoms with Crippen molar-refractivity contribution in [3.8, 4) is 0 Å². The molecule has 1 aromatic rings. The fourth-order valence-electron chi connectivity index (χ4n) is 1.14. The molecule has 0 saturated carbocycles. The maximum Gasteiger partial charge on any atom is 0.109 e. The van der Waals surface area contributed by atoms with Crippen molar-refractivity contribution in [1.29, 1.82) is 0 Å². The maximum absolute atomic E-state index is 8.94. The molecule has 12 heavy (non-hydrogen) atoms. The summed E-state index contributed by atoms with van der Waals surface area (Å²) in [6.07, 6.45) is 2.50. The third-order valence-corrected chi connectivity index (χ3v) is 1.70. The number of hydrogen-bond donors (Lipinski definition) is 1. The second-order valence-corrected chi connectivity index (χ2v) is 4.26. The summed E-state index contributed by atoms with van der Waals surface area (Å²) in [6, 6.07) is 1.82. The van der Waals surface area contributed by atoms with Crippen molar-refractivity contribution in [2.45, 2.75) is 33.8 Å². The molecule has 0 bridgehead atoms. The van der Waals surface area contributed by atoms with Gasteiger partial charge in [0, 0.05) is 12.0 Å². The SMILES string of the molecule is CC(C)(C)Cc1occc1CO. The Morgan fingerprint density at radius 1 is 1.42 bits per heavy atom. The molecule has 68 valence electrons. The van der Waals surface area contributed by atoms with E-state index in [9.17, 15) is 0 Å². The van der Waals surface area contributed by atoms with E-state index in [0.29, 0.717) is 0 Å². The van der Waals surface area contributed by atoms with Gasteiger partial charge in [-0.05, 0) is 11.5 Å². The second-order valence-electron chi connectivity index (χ2n) is 4.26. The molecule has 0 saturated heterocycles. The van der Waals surface area contributed by atoms with E-state index in [1.165, 1.54) is 0 Å². The Kier molecular flexibility index (Phi) is 2.58. The highest BCUT2D eigenvalue weighted by atomic mass is 16.3. The number of aliphatic hydroxyl groups is 1. The summed E-state index contributed by atoms with van der Waals surface area (Å²) >= 11 is 0. The molecule has 1 N–H and O–H groups in total. The predicted octanol–water partition coefficient (Wildman–Crippen LogP) is 2.36. The number of aliphatic hydroxyl groups excluding tert-OH is 1. The smallest absolute Gasteiger partial charge is 0.109 e. The first kappa shape index (κ1) is 9.33. The molecule has 1 heterocycles. The number of furan rings is 1. The normalized spacial score (nSPS) is 12.0. The summed E-state index contributed by atoms with van der Waals surface area (Å²) in [4.78, 5) is 0. The number of hydrogen-bond acceptors (Lipinski definition) is 2. The van der Waals surface area contributed by atoms with Crippen molar-refractivity contribution in [3.05, 3.63) is 23.7 Å². The largest absolute Gasteiger partial charge is 0.469 e. The highest BCUT2D eigenvalue weighted by Crippen LogP contribution is 2.23. The summed E-state index contributed by atoms with van der Waals surface area (Å²) in [7, 11) is 0. The maximum atomic E-state index is 8.94. The fourth-order valence-corrected chi connectivity index (χ4v) is 1.14. The molecule has 0 fully saturated rings. The summed E-state index contributed by atoms with van der Waals surface area (Å²) in [5.74, 6) is 0.907. The first-order valence-electron chi connectivity index (χ1n) is 4.19. The molecule has 1 rings (SSSR count). The van der Waals surface area contributed by atoms with Crippen molar-refractivity contribution in [2.24, 2.45) is 5.41 Å². The monoisotopic (exact) mass is 168 g/mol. The molecule has 0 aliphatic rings. The van der Waals surface area contributed by atoms with Crippen LogP contribution in [0.5, 0.6) is 0 Å². The molecule has 1 aromatic heterocycles. The summed E-state index contributed by atoms with van der Waals surface area (Å²) in [6.45, 7) is 6.52. The Bertz CT molecular complexity index is 243. The van der Waals surface area contributed by atoms with Crippen molar-refractivity contribution in [3.63, 3.8) is 0 Å². The molecule has 0 aliphatic carbocycles. The van der Waals surface area contributed by atoms with Gasteiger partial charge in [-0.25, -0.2) is 0 Å². The van der Waals surface area contributed by atoms with Crippen LogP contribution >= 0.6 is 0 Å². The van der Waals surface area contributed by atoms with E-state index in [1.54, 1.807) is 6.26 Å². The van der Waals surface area contributed by atoms with Crippen LogP contribution < -0.4 is 0 Å². The molecule has 0 aliphatic heterocycles. The second kappa shape index (κ2) is 3.31. The Morgan fingerprint density at radius 2 is 2.08 bits per heavy atom. The average molecular weight is 168 g/mol. The Hall–Kier alpha value is -0.760. The molecule has 0 amide bonds. The van der Waals surface area contributed by atoms with Gasteiger partial charge in [-0.3, -0.25) is 0 Å². The molecule has 0 radical (unpaired) electrons. The zero-order chi connectivity index (χ0) is 9.19. The zero-order valence-electron chi connectivity index (χ0n) is 7.92. The minimum Gasteiger partial charge on any atom is -0.469 e. The standard InChI is InChI=1S/C10H16O2/c1-10(2,3)6-9-8(7-11)4-5-12-9/h4-5,11H,6-7H2,1-3H3. The average Bonchev–Trinajstić information content (AvgIpc) is 2.31. The predicted molar refractivity (Wildman–Crippen MR) is 47.8 cm³/mol. The molecular formula is C10H16O2. The molecule has 0 spiro atoms. The van der Waals surface area contributed by atoms with Crippen molar-refractivity contribution < 1.29 is 9.52 Å². The first-order valence-corrected chi connectivity index (χ1v) is 4.19. The van der Waals surface area contributed by atoms with E-state index >= 15 is 0 Å². The van der Waals surface area contributed by atoms with Crippen molar-refractivity contribution >= 4 is 0 Å². The topological polar surface area (TPSA) is 33.4 Å². The molecule has 2 nitrogen and oxygen atoms in total. The van der Waals surface area contributed by atoms with E-state index < -0.39 is 0 Å². The van der Waals surface area contributed by atoms with Gasteiger partial charge in [0.25, 0.3) is 0 Å². The lowest BCUT2D eigenvalue weighted by Crippen LogP contribution is -2.09. The summed E-state index contributed by atoms with van der Waals surface area (Å²) in [5.41, 5.74) is 1.12. The van der Waals surface area contributed by atoms with Gasteiger partial charge in [-0.2, -0.15) is 0 Å². The van der Waals surface area contributed by atoms with Crippen molar-refractivity contribution in [2.75, 3.05) is 0 Å². The third-order valence-electron chi connectivity index (χ3n) is 1.70. The van der Waals surface area contributed by atoms with Crippen LogP contribution in [0.25, 0.3) is 0 Å². The highest BCUT2D eigenvalue weighted by Gasteiger charge is 2.15. The van der Waals surface area contributed by atoms with E-state index in [4.69, 9.17) is 9.52 Å². The molecule has 0 atom stereocenters. The summed E-state index contributed by atoms with van der Waals surface area (Å²) < 4.78 is 5.27. The van der Waals surface area contributed by atoms with Gasteiger partial charge in [0.15, 0.2) is 0 Å². The van der Waals surface area contributed by atoms with Crippen LogP contribution in [0.4, 0.5) is 0 Å². The Morgan fingerprint density at radius 3 is 2.58 bits per heavy atom. The minimum atomic E-state index is 0.0713. The van der Waals surface area contributed by atoms with Crippen LogP contribution in [-0.4, -0.2) is 5.11 Å². The van der Waals surface area contributed by atoms with Gasteiger partial charge in [-0.1, -0.05) is 20.8 Å². The van der Waals surface area contributed by atoms with Gasteiger partial charge >= 0.3 is 0 Å². The molecule has 0 unspecified atom stereocenters. The number of rotatable bonds is 2. The van der Waals surface area contributed by atoms with Crippen LogP contribution in [0.3, 0.4) is 0 Å². The Balaban J connectivity index is 2.75. The molecular weight excluding hydrogens is 152 g/mol. The summed E-state index contributed by atoms with van der Waals surface area (Å²) in [5, 5.41) is 8.94. The van der Waals surface area contributed by atoms with Gasteiger partial charge in [0.2, 0.25) is 0 Å². The molecule has 2 heteroatoms.